The van der Waals surface area contributed by atoms with Crippen LogP contribution >= 0.6 is 0 Å². The molecule has 2 N–H and O–H groups in total. The molecule has 2 amide bonds. The van der Waals surface area contributed by atoms with Crippen LogP contribution in [-0.2, 0) is 19.4 Å². The van der Waals surface area contributed by atoms with Crippen molar-refractivity contribution in [1.29, 1.82) is 0 Å². The van der Waals surface area contributed by atoms with Crippen molar-refractivity contribution in [3.05, 3.63) is 96.4 Å². The zero-order valence-corrected chi connectivity index (χ0v) is 26.9. The summed E-state index contributed by atoms with van der Waals surface area (Å²) in [5.74, 6) is -0.971. The van der Waals surface area contributed by atoms with Gasteiger partial charge in [0, 0.05) is 36.3 Å². The lowest BCUT2D eigenvalue weighted by atomic mass is 10.00. The largest absolute Gasteiger partial charge is 0.495 e. The van der Waals surface area contributed by atoms with E-state index in [1.54, 1.807) is 50.5 Å². The third kappa shape index (κ3) is 7.56. The molecule has 2 heterocycles. The van der Waals surface area contributed by atoms with Gasteiger partial charge in [-0.25, -0.2) is 27.0 Å². The number of benzene rings is 3. The smallest absolute Gasteiger partial charge is 0.421 e. The van der Waals surface area contributed by atoms with Gasteiger partial charge in [0.2, 0.25) is 5.91 Å². The van der Waals surface area contributed by atoms with Crippen LogP contribution in [0.1, 0.15) is 18.4 Å². The van der Waals surface area contributed by atoms with Crippen LogP contribution in [-0.4, -0.2) is 68.6 Å². The lowest BCUT2D eigenvalue weighted by Gasteiger charge is -2.21. The van der Waals surface area contributed by atoms with Crippen LogP contribution in [0.25, 0.3) is 16.8 Å². The van der Waals surface area contributed by atoms with Crippen LogP contribution < -0.4 is 20.3 Å². The molecule has 0 unspecified atom stereocenters. The highest BCUT2D eigenvalue weighted by molar-refractivity contribution is 7.90. The lowest BCUT2D eigenvalue weighted by molar-refractivity contribution is -0.117. The van der Waals surface area contributed by atoms with Crippen LogP contribution in [0.2, 0.25) is 0 Å². The van der Waals surface area contributed by atoms with Gasteiger partial charge in [0.1, 0.15) is 18.2 Å². The van der Waals surface area contributed by atoms with E-state index in [0.717, 1.165) is 22.3 Å². The first-order valence-electron chi connectivity index (χ1n) is 14.5. The number of fused-ring (bicyclic) bond motifs is 1. The lowest BCUT2D eigenvalue weighted by Crippen LogP contribution is -2.30. The van der Waals surface area contributed by atoms with Gasteiger partial charge in [-0.05, 0) is 73.6 Å². The van der Waals surface area contributed by atoms with Gasteiger partial charge in [-0.3, -0.25) is 4.79 Å². The zero-order valence-electron chi connectivity index (χ0n) is 26.1. The number of methoxy groups -OCH3 is 1. The molecule has 0 aliphatic rings. The number of nitrogens with one attached hydrogen (secondary N) is 2. The Morgan fingerprint density at radius 1 is 1.00 bits per heavy atom. The fraction of sp³-hybridized carbons (Fsp3) is 0.212. The Bertz CT molecular complexity index is 2020. The maximum absolute atomic E-state index is 13.3. The van der Waals surface area contributed by atoms with E-state index in [9.17, 15) is 22.4 Å². The Balaban J connectivity index is 1.41. The first kappa shape index (κ1) is 33.0. The Morgan fingerprint density at radius 2 is 1.70 bits per heavy atom. The molecule has 2 aromatic heterocycles. The summed E-state index contributed by atoms with van der Waals surface area (Å²) >= 11 is 0. The van der Waals surface area contributed by atoms with Crippen LogP contribution in [0.5, 0.6) is 5.75 Å². The Morgan fingerprint density at radius 3 is 2.36 bits per heavy atom. The number of carbonyl (C=O) groups is 2. The number of rotatable bonds is 11. The van der Waals surface area contributed by atoms with Crippen molar-refractivity contribution in [2.75, 3.05) is 43.8 Å². The second kappa shape index (κ2) is 14.0. The number of halogens is 1. The Kier molecular flexibility index (Phi) is 9.82. The third-order valence-electron chi connectivity index (χ3n) is 7.35. The van der Waals surface area contributed by atoms with Crippen molar-refractivity contribution in [2.45, 2.75) is 17.7 Å². The third-order valence-corrected chi connectivity index (χ3v) is 8.46. The van der Waals surface area contributed by atoms with Gasteiger partial charge in [0.25, 0.3) is 5.95 Å². The van der Waals surface area contributed by atoms with Gasteiger partial charge in [-0.2, -0.15) is 4.98 Å². The molecule has 244 valence electrons. The second-order valence-corrected chi connectivity index (χ2v) is 12.6. The summed E-state index contributed by atoms with van der Waals surface area (Å²) in [7, 11) is -0.463. The molecular formula is C33H33FN6O6S. The predicted molar refractivity (Wildman–Crippen MR) is 175 cm³/mol. The molecule has 0 fully saturated rings. The molecule has 12 nitrogen and oxygen atoms in total. The minimum atomic E-state index is -3.55. The summed E-state index contributed by atoms with van der Waals surface area (Å²) in [6.45, 7) is 2.22. The van der Waals surface area contributed by atoms with E-state index < -0.39 is 21.8 Å². The molecule has 0 saturated heterocycles. The number of anilines is 3. The minimum absolute atomic E-state index is 0.0159. The number of hydrogen-bond acceptors (Lipinski definition) is 9. The maximum Gasteiger partial charge on any atom is 0.421 e. The average molecular weight is 661 g/mol. The van der Waals surface area contributed by atoms with Crippen molar-refractivity contribution < 1.29 is 31.9 Å². The molecule has 5 rings (SSSR count). The van der Waals surface area contributed by atoms with Crippen molar-refractivity contribution >= 4 is 44.8 Å². The Labute approximate surface area is 271 Å². The zero-order chi connectivity index (χ0) is 33.7. The topological polar surface area (TPSA) is 144 Å². The van der Waals surface area contributed by atoms with Crippen LogP contribution in [0.15, 0.2) is 90.0 Å². The molecule has 3 aromatic carbocycles. The molecule has 0 aliphatic heterocycles. The van der Waals surface area contributed by atoms with Gasteiger partial charge in [0.15, 0.2) is 15.5 Å². The SMILES string of the molecule is CNCCOC(=O)N(c1nc2ccc(-c3ccc(NC(=O)[C@H](C)c4ccc(F)cc4)cc3)cn2n1)c1ccc(S(C)(=O)=O)cc1OC. The normalized spacial score (nSPS) is 12.0. The molecule has 0 aliphatic carbocycles. The van der Waals surface area contributed by atoms with Crippen molar-refractivity contribution in [2.24, 2.45) is 0 Å². The standard InChI is InChI=1S/C33H33FN6O6S/c1-21(22-5-10-25(34)11-6-22)31(41)36-26-12-7-23(8-13-26)24-9-16-30-37-32(38-39(30)20-24)40(33(42)46-18-17-35-2)28-15-14-27(47(4,43)44)19-29(28)45-3/h5-16,19-21,35H,17-18H2,1-4H3,(H,36,41)/t21-/m1/s1. The van der Waals surface area contributed by atoms with Gasteiger partial charge < -0.3 is 20.1 Å². The van der Waals surface area contributed by atoms with Crippen LogP contribution in [0.4, 0.5) is 26.5 Å². The number of pyridine rings is 1. The Hall–Kier alpha value is -5.34. The van der Waals surface area contributed by atoms with Gasteiger partial charge in [0.05, 0.1) is 23.6 Å². The predicted octanol–water partition coefficient (Wildman–Crippen LogP) is 5.18. The van der Waals surface area contributed by atoms with Gasteiger partial charge in [-0.15, -0.1) is 5.10 Å². The number of hydrogen-bond donors (Lipinski definition) is 2. The number of sulfone groups is 1. The summed E-state index contributed by atoms with van der Waals surface area (Å²) in [4.78, 5) is 31.8. The van der Waals surface area contributed by atoms with E-state index in [2.05, 4.69) is 20.7 Å². The number of amides is 2. The fourth-order valence-electron chi connectivity index (χ4n) is 4.70. The van der Waals surface area contributed by atoms with Gasteiger partial charge in [-0.1, -0.05) is 24.3 Å². The second-order valence-electron chi connectivity index (χ2n) is 10.6. The molecular weight excluding hydrogens is 627 g/mol. The number of likely N-dealkylation sites (N-methyl/N-ethyl adjacent to an activating group) is 1. The highest BCUT2D eigenvalue weighted by Gasteiger charge is 2.28. The number of aromatic nitrogens is 3. The molecule has 14 heteroatoms. The molecule has 0 bridgehead atoms. The number of carbonyl (C=O) groups excluding carboxylic acids is 2. The fourth-order valence-corrected chi connectivity index (χ4v) is 5.34. The highest BCUT2D eigenvalue weighted by atomic mass is 32.2. The average Bonchev–Trinajstić information content (AvgIpc) is 3.48. The van der Waals surface area contributed by atoms with E-state index in [-0.39, 0.29) is 40.6 Å². The van der Waals surface area contributed by atoms with E-state index in [1.165, 1.54) is 42.0 Å². The quantitative estimate of drug-likeness (QED) is 0.183. The van der Waals surface area contributed by atoms with E-state index in [4.69, 9.17) is 9.47 Å². The number of nitrogens with zero attached hydrogens (tertiary/aromatic N) is 4. The first-order valence-corrected chi connectivity index (χ1v) is 16.4. The molecule has 1 atom stereocenters. The summed E-state index contributed by atoms with van der Waals surface area (Å²) in [6.07, 6.45) is 2.03. The molecule has 0 radical (unpaired) electrons. The first-order chi connectivity index (χ1) is 22.5. The summed E-state index contributed by atoms with van der Waals surface area (Å²) < 4.78 is 50.0. The van der Waals surface area contributed by atoms with E-state index in [0.29, 0.717) is 23.4 Å². The van der Waals surface area contributed by atoms with Crippen LogP contribution in [0, 0.1) is 5.82 Å². The van der Waals surface area contributed by atoms with Crippen molar-refractivity contribution in [3.63, 3.8) is 0 Å². The molecule has 0 saturated carbocycles. The molecule has 0 spiro atoms. The summed E-state index contributed by atoms with van der Waals surface area (Å²) in [5.41, 5.74) is 3.54. The highest BCUT2D eigenvalue weighted by Crippen LogP contribution is 2.35. The number of ether oxygens (including phenoxy) is 2. The monoisotopic (exact) mass is 660 g/mol. The van der Waals surface area contributed by atoms with Crippen LogP contribution in [0.3, 0.4) is 0 Å². The summed E-state index contributed by atoms with van der Waals surface area (Å²) in [6, 6.07) is 20.8. The van der Waals surface area contributed by atoms with E-state index >= 15 is 0 Å². The molecule has 47 heavy (non-hydrogen) atoms. The summed E-state index contributed by atoms with van der Waals surface area (Å²) in [5, 5.41) is 10.3. The minimum Gasteiger partial charge on any atom is -0.495 e. The molecule has 5 aromatic rings. The van der Waals surface area contributed by atoms with E-state index in [1.807, 2.05) is 18.2 Å². The van der Waals surface area contributed by atoms with Crippen molar-refractivity contribution in [3.8, 4) is 16.9 Å². The van der Waals surface area contributed by atoms with Gasteiger partial charge >= 0.3 is 6.09 Å². The maximum atomic E-state index is 13.3. The van der Waals surface area contributed by atoms with Crippen molar-refractivity contribution in [1.82, 2.24) is 19.9 Å².